The van der Waals surface area contributed by atoms with Crippen molar-refractivity contribution in [2.45, 2.75) is 6.92 Å². The average molecular weight is 334 g/mol. The third kappa shape index (κ3) is 3.49. The highest BCUT2D eigenvalue weighted by atomic mass is 16.6. The van der Waals surface area contributed by atoms with E-state index in [2.05, 4.69) is 20.5 Å². The van der Waals surface area contributed by atoms with Crippen LogP contribution in [0.15, 0.2) is 28.1 Å². The SMILES string of the molecule is Cc1nc(O)c(/C=N\Nc2ccc([N+](=O)[O-])cc2[N+](=O)[O-])c(=O)[nH]1. The highest BCUT2D eigenvalue weighted by Gasteiger charge is 2.19. The van der Waals surface area contributed by atoms with E-state index in [1.807, 2.05) is 0 Å². The van der Waals surface area contributed by atoms with E-state index < -0.39 is 32.7 Å². The fourth-order valence-electron chi connectivity index (χ4n) is 1.74. The normalized spacial score (nSPS) is 10.7. The van der Waals surface area contributed by atoms with E-state index in [-0.39, 0.29) is 17.1 Å². The van der Waals surface area contributed by atoms with E-state index in [0.717, 1.165) is 24.4 Å². The minimum Gasteiger partial charge on any atom is -0.493 e. The standard InChI is InChI=1S/C12H10N6O6/c1-6-14-11(19)8(12(20)15-6)5-13-16-9-3-2-7(17(21)22)4-10(9)18(23)24/h2-5,16H,1H3,(H2,14,15,19,20)/b13-5-. The molecule has 0 amide bonds. The summed E-state index contributed by atoms with van der Waals surface area (Å²) < 4.78 is 0. The number of rotatable bonds is 5. The Labute approximate surface area is 132 Å². The van der Waals surface area contributed by atoms with Crippen LogP contribution in [0.5, 0.6) is 5.88 Å². The van der Waals surface area contributed by atoms with Gasteiger partial charge in [0.15, 0.2) is 0 Å². The lowest BCUT2D eigenvalue weighted by Gasteiger charge is -2.02. The highest BCUT2D eigenvalue weighted by Crippen LogP contribution is 2.28. The summed E-state index contributed by atoms with van der Waals surface area (Å²) in [6, 6.07) is 2.93. The third-order valence-electron chi connectivity index (χ3n) is 2.82. The quantitative estimate of drug-likeness (QED) is 0.412. The van der Waals surface area contributed by atoms with Gasteiger partial charge >= 0.3 is 5.69 Å². The molecule has 0 aliphatic heterocycles. The first-order valence-corrected chi connectivity index (χ1v) is 6.31. The van der Waals surface area contributed by atoms with E-state index in [0.29, 0.717) is 0 Å². The van der Waals surface area contributed by atoms with Gasteiger partial charge in [0.1, 0.15) is 17.1 Å². The van der Waals surface area contributed by atoms with Gasteiger partial charge in [-0.05, 0) is 13.0 Å². The maximum absolute atomic E-state index is 11.6. The number of aromatic amines is 1. The molecule has 0 spiro atoms. The summed E-state index contributed by atoms with van der Waals surface area (Å²) in [5.41, 5.74) is 0.244. The van der Waals surface area contributed by atoms with Crippen molar-refractivity contribution < 1.29 is 15.0 Å². The van der Waals surface area contributed by atoms with E-state index in [4.69, 9.17) is 0 Å². The number of H-pyrrole nitrogens is 1. The van der Waals surface area contributed by atoms with Gasteiger partial charge in [0, 0.05) is 6.07 Å². The molecule has 0 bridgehead atoms. The number of non-ortho nitro benzene ring substituents is 1. The van der Waals surface area contributed by atoms with Gasteiger partial charge in [0.25, 0.3) is 11.2 Å². The molecule has 12 nitrogen and oxygen atoms in total. The Bertz CT molecular complexity index is 905. The number of benzene rings is 1. The van der Waals surface area contributed by atoms with Crippen molar-refractivity contribution in [3.63, 3.8) is 0 Å². The molecule has 24 heavy (non-hydrogen) atoms. The number of hydrogen-bond donors (Lipinski definition) is 3. The number of aryl methyl sites for hydroxylation is 1. The van der Waals surface area contributed by atoms with Crippen molar-refractivity contribution in [3.05, 3.63) is 60.2 Å². The van der Waals surface area contributed by atoms with E-state index in [1.165, 1.54) is 6.92 Å². The number of anilines is 1. The lowest BCUT2D eigenvalue weighted by Crippen LogP contribution is -2.15. The Morgan fingerprint density at radius 3 is 2.62 bits per heavy atom. The minimum absolute atomic E-state index is 0.127. The van der Waals surface area contributed by atoms with Gasteiger partial charge in [0.05, 0.1) is 22.1 Å². The van der Waals surface area contributed by atoms with Crippen LogP contribution in [0.4, 0.5) is 17.1 Å². The molecular weight excluding hydrogens is 324 g/mol. The van der Waals surface area contributed by atoms with Crippen LogP contribution in [0.1, 0.15) is 11.4 Å². The first-order chi connectivity index (χ1) is 11.3. The van der Waals surface area contributed by atoms with Gasteiger partial charge in [-0.25, -0.2) is 4.98 Å². The number of nitro benzene ring substituents is 2. The molecule has 0 aliphatic carbocycles. The maximum atomic E-state index is 11.6. The van der Waals surface area contributed by atoms with Gasteiger partial charge in [-0.3, -0.25) is 30.4 Å². The smallest absolute Gasteiger partial charge is 0.301 e. The van der Waals surface area contributed by atoms with Crippen LogP contribution in [0.25, 0.3) is 0 Å². The zero-order valence-corrected chi connectivity index (χ0v) is 12.1. The number of aromatic nitrogens is 2. The van der Waals surface area contributed by atoms with Gasteiger partial charge in [0.2, 0.25) is 5.88 Å². The van der Waals surface area contributed by atoms with Crippen molar-refractivity contribution in [2.24, 2.45) is 5.10 Å². The second-order valence-electron chi connectivity index (χ2n) is 4.47. The van der Waals surface area contributed by atoms with Crippen LogP contribution in [-0.2, 0) is 0 Å². The molecule has 0 atom stereocenters. The Balaban J connectivity index is 2.31. The molecule has 0 aliphatic rings. The van der Waals surface area contributed by atoms with Gasteiger partial charge in [-0.1, -0.05) is 0 Å². The van der Waals surface area contributed by atoms with Crippen molar-refractivity contribution >= 4 is 23.3 Å². The van der Waals surface area contributed by atoms with Crippen LogP contribution in [0, 0.1) is 27.2 Å². The Kier molecular flexibility index (Phi) is 4.49. The van der Waals surface area contributed by atoms with Crippen LogP contribution in [0.3, 0.4) is 0 Å². The second kappa shape index (κ2) is 6.51. The van der Waals surface area contributed by atoms with Gasteiger partial charge in [-0.15, -0.1) is 0 Å². The van der Waals surface area contributed by atoms with E-state index in [1.54, 1.807) is 0 Å². The Morgan fingerprint density at radius 2 is 2.04 bits per heavy atom. The molecule has 1 aromatic carbocycles. The molecule has 3 N–H and O–H groups in total. The third-order valence-corrected chi connectivity index (χ3v) is 2.82. The van der Waals surface area contributed by atoms with Crippen molar-refractivity contribution in [1.29, 1.82) is 0 Å². The van der Waals surface area contributed by atoms with E-state index in [9.17, 15) is 30.1 Å². The van der Waals surface area contributed by atoms with Crippen LogP contribution in [-0.4, -0.2) is 31.1 Å². The molecule has 124 valence electrons. The van der Waals surface area contributed by atoms with Gasteiger partial charge in [-0.2, -0.15) is 5.10 Å². The number of nitrogens with one attached hydrogen (secondary N) is 2. The van der Waals surface area contributed by atoms with Crippen LogP contribution >= 0.6 is 0 Å². The second-order valence-corrected chi connectivity index (χ2v) is 4.47. The van der Waals surface area contributed by atoms with Crippen molar-refractivity contribution in [3.8, 4) is 5.88 Å². The molecule has 0 radical (unpaired) electrons. The Morgan fingerprint density at radius 1 is 1.33 bits per heavy atom. The van der Waals surface area contributed by atoms with Crippen molar-refractivity contribution in [1.82, 2.24) is 9.97 Å². The van der Waals surface area contributed by atoms with Crippen LogP contribution < -0.4 is 11.0 Å². The fourth-order valence-corrected chi connectivity index (χ4v) is 1.74. The number of hydrogen-bond acceptors (Lipinski definition) is 9. The molecular formula is C12H10N6O6. The maximum Gasteiger partial charge on any atom is 0.301 e. The molecule has 2 rings (SSSR count). The minimum atomic E-state index is -0.817. The van der Waals surface area contributed by atoms with E-state index >= 15 is 0 Å². The summed E-state index contributed by atoms with van der Waals surface area (Å²) in [5.74, 6) is -0.353. The predicted molar refractivity (Wildman–Crippen MR) is 82.2 cm³/mol. The zero-order chi connectivity index (χ0) is 17.9. The molecule has 0 fully saturated rings. The molecule has 2 aromatic rings. The summed E-state index contributed by atoms with van der Waals surface area (Å²) in [6.45, 7) is 1.47. The first-order valence-electron chi connectivity index (χ1n) is 6.31. The molecule has 0 saturated heterocycles. The molecule has 0 unspecified atom stereocenters. The Hall–Kier alpha value is -3.83. The number of nitro groups is 2. The van der Waals surface area contributed by atoms with Crippen molar-refractivity contribution in [2.75, 3.05) is 5.43 Å². The topological polar surface area (TPSA) is 177 Å². The fraction of sp³-hybridized carbons (Fsp3) is 0.0833. The largest absolute Gasteiger partial charge is 0.493 e. The lowest BCUT2D eigenvalue weighted by atomic mass is 10.2. The molecule has 1 aromatic heterocycles. The number of hydrazone groups is 1. The number of aromatic hydroxyl groups is 1. The van der Waals surface area contributed by atoms with Gasteiger partial charge < -0.3 is 10.1 Å². The first kappa shape index (κ1) is 16.5. The summed E-state index contributed by atoms with van der Waals surface area (Å²) in [5, 5.41) is 34.8. The monoisotopic (exact) mass is 334 g/mol. The predicted octanol–water partition coefficient (Wildman–Crippen LogP) is 1.05. The van der Waals surface area contributed by atoms with Crippen LogP contribution in [0.2, 0.25) is 0 Å². The highest BCUT2D eigenvalue weighted by molar-refractivity contribution is 5.82. The zero-order valence-electron chi connectivity index (χ0n) is 12.1. The summed E-state index contributed by atoms with van der Waals surface area (Å²) >= 11 is 0. The summed E-state index contributed by atoms with van der Waals surface area (Å²) in [4.78, 5) is 37.6. The summed E-state index contributed by atoms with van der Waals surface area (Å²) in [7, 11) is 0. The average Bonchev–Trinajstić information content (AvgIpc) is 2.49. The summed E-state index contributed by atoms with van der Waals surface area (Å²) in [6.07, 6.45) is 0.922. The molecule has 12 heteroatoms. The number of nitrogens with zero attached hydrogens (tertiary/aromatic N) is 4. The molecule has 1 heterocycles. The molecule has 0 saturated carbocycles. The lowest BCUT2D eigenvalue weighted by molar-refractivity contribution is -0.393.